The van der Waals surface area contributed by atoms with Gasteiger partial charge in [-0.3, -0.25) is 19.7 Å². The molecular formula is C20H18N4O4. The number of fused-ring (bicyclic) bond motifs is 3. The molecule has 0 aromatic heterocycles. The lowest BCUT2D eigenvalue weighted by Crippen LogP contribution is -2.44. The van der Waals surface area contributed by atoms with E-state index < -0.39 is 16.9 Å². The van der Waals surface area contributed by atoms with Crippen LogP contribution in [0.3, 0.4) is 0 Å². The summed E-state index contributed by atoms with van der Waals surface area (Å²) in [4.78, 5) is 38.4. The predicted octanol–water partition coefficient (Wildman–Crippen LogP) is 2.13. The molecule has 0 saturated carbocycles. The summed E-state index contributed by atoms with van der Waals surface area (Å²) in [6.07, 6.45) is 0.935. The number of imide groups is 1. The molecule has 0 unspecified atom stereocenters. The van der Waals surface area contributed by atoms with Crippen LogP contribution in [0.1, 0.15) is 18.0 Å². The van der Waals surface area contributed by atoms with Gasteiger partial charge < -0.3 is 0 Å². The summed E-state index contributed by atoms with van der Waals surface area (Å²) in [5.74, 6) is -1.12. The summed E-state index contributed by atoms with van der Waals surface area (Å²) in [5, 5.41) is 15.3. The SMILES string of the molecule is O=C1[C@@H]2[C@@H](C(=O)N1c1cccc([N+](=O)[O-])c1)N1CCCN1[C@@H]2c1ccccc1. The van der Waals surface area contributed by atoms with Crippen LogP contribution < -0.4 is 4.90 Å². The molecule has 0 N–H and O–H groups in total. The lowest BCUT2D eigenvalue weighted by atomic mass is 9.90. The summed E-state index contributed by atoms with van der Waals surface area (Å²) in [6, 6.07) is 14.7. The summed E-state index contributed by atoms with van der Waals surface area (Å²) < 4.78 is 0. The monoisotopic (exact) mass is 378 g/mol. The van der Waals surface area contributed by atoms with Gasteiger partial charge in [-0.2, -0.15) is 0 Å². The molecule has 3 heterocycles. The number of hydrogen-bond donors (Lipinski definition) is 0. The third kappa shape index (κ3) is 2.31. The summed E-state index contributed by atoms with van der Waals surface area (Å²) in [7, 11) is 0. The van der Waals surface area contributed by atoms with E-state index in [-0.39, 0.29) is 29.2 Å². The van der Waals surface area contributed by atoms with Crippen molar-refractivity contribution in [3.63, 3.8) is 0 Å². The third-order valence-electron chi connectivity index (χ3n) is 5.85. The van der Waals surface area contributed by atoms with Crippen LogP contribution in [0.5, 0.6) is 0 Å². The van der Waals surface area contributed by atoms with Crippen molar-refractivity contribution in [2.75, 3.05) is 18.0 Å². The lowest BCUT2D eigenvalue weighted by Gasteiger charge is -2.29. The largest absolute Gasteiger partial charge is 0.274 e. The van der Waals surface area contributed by atoms with Crippen molar-refractivity contribution in [1.82, 2.24) is 10.0 Å². The van der Waals surface area contributed by atoms with Gasteiger partial charge in [-0.05, 0) is 18.1 Å². The summed E-state index contributed by atoms with van der Waals surface area (Å²) in [6.45, 7) is 1.54. The zero-order valence-electron chi connectivity index (χ0n) is 15.0. The smallest absolute Gasteiger partial charge is 0.271 e. The molecular weight excluding hydrogens is 360 g/mol. The number of anilines is 1. The second kappa shape index (κ2) is 6.22. The van der Waals surface area contributed by atoms with Gasteiger partial charge in [0.2, 0.25) is 5.91 Å². The van der Waals surface area contributed by atoms with Crippen LogP contribution in [-0.4, -0.2) is 45.9 Å². The van der Waals surface area contributed by atoms with Crippen molar-refractivity contribution < 1.29 is 14.5 Å². The van der Waals surface area contributed by atoms with Crippen LogP contribution in [0, 0.1) is 16.0 Å². The molecule has 8 heteroatoms. The molecule has 3 fully saturated rings. The number of hydrazine groups is 1. The number of carbonyl (C=O) groups excluding carboxylic acids is 2. The summed E-state index contributed by atoms with van der Waals surface area (Å²) >= 11 is 0. The predicted molar refractivity (Wildman–Crippen MR) is 100 cm³/mol. The number of non-ortho nitro benzene ring substituents is 1. The van der Waals surface area contributed by atoms with Crippen molar-refractivity contribution in [2.24, 2.45) is 5.92 Å². The highest BCUT2D eigenvalue weighted by Gasteiger charge is 2.62. The Kier molecular flexibility index (Phi) is 3.78. The van der Waals surface area contributed by atoms with Gasteiger partial charge in [0, 0.05) is 25.2 Å². The van der Waals surface area contributed by atoms with E-state index in [4.69, 9.17) is 0 Å². The maximum Gasteiger partial charge on any atom is 0.271 e. The van der Waals surface area contributed by atoms with E-state index >= 15 is 0 Å². The molecule has 3 saturated heterocycles. The number of carbonyl (C=O) groups is 2. The number of rotatable bonds is 3. The van der Waals surface area contributed by atoms with Crippen LogP contribution in [-0.2, 0) is 9.59 Å². The molecule has 3 atom stereocenters. The van der Waals surface area contributed by atoms with Gasteiger partial charge in [-0.25, -0.2) is 14.9 Å². The van der Waals surface area contributed by atoms with Crippen LogP contribution in [0.4, 0.5) is 11.4 Å². The highest BCUT2D eigenvalue weighted by Crippen LogP contribution is 2.48. The molecule has 0 spiro atoms. The van der Waals surface area contributed by atoms with E-state index in [0.717, 1.165) is 30.0 Å². The number of nitro groups is 1. The maximum absolute atomic E-state index is 13.4. The van der Waals surface area contributed by atoms with Gasteiger partial charge in [0.1, 0.15) is 6.04 Å². The number of amides is 2. The highest BCUT2D eigenvalue weighted by molar-refractivity contribution is 6.24. The standard InChI is InChI=1S/C20H18N4O4/c25-19-16-17(13-6-2-1-3-7-13)21-10-5-11-22(21)18(16)20(26)23(19)14-8-4-9-15(12-14)24(27)28/h1-4,6-9,12,16-18H,5,10-11H2/t16-,17+,18-/m0/s1. The van der Waals surface area contributed by atoms with Crippen LogP contribution in [0.15, 0.2) is 54.6 Å². The number of nitro benzene ring substituents is 1. The van der Waals surface area contributed by atoms with Crippen molar-refractivity contribution in [1.29, 1.82) is 0 Å². The number of hydrogen-bond acceptors (Lipinski definition) is 6. The average Bonchev–Trinajstić information content (AvgIpc) is 3.34. The zero-order valence-corrected chi connectivity index (χ0v) is 15.0. The van der Waals surface area contributed by atoms with E-state index in [1.807, 2.05) is 35.3 Å². The molecule has 5 rings (SSSR count). The van der Waals surface area contributed by atoms with Crippen molar-refractivity contribution in [2.45, 2.75) is 18.5 Å². The molecule has 2 amide bonds. The first kappa shape index (κ1) is 17.0. The second-order valence-corrected chi connectivity index (χ2v) is 7.29. The topological polar surface area (TPSA) is 87.0 Å². The Labute approximate surface area is 161 Å². The van der Waals surface area contributed by atoms with Crippen LogP contribution in [0.25, 0.3) is 0 Å². The third-order valence-corrected chi connectivity index (χ3v) is 5.85. The molecule has 28 heavy (non-hydrogen) atoms. The molecule has 142 valence electrons. The Morgan fingerprint density at radius 1 is 0.893 bits per heavy atom. The Bertz CT molecular complexity index is 979. The summed E-state index contributed by atoms with van der Waals surface area (Å²) in [5.41, 5.74) is 1.12. The molecule has 2 aromatic carbocycles. The van der Waals surface area contributed by atoms with Gasteiger partial charge in [-0.1, -0.05) is 36.4 Å². The van der Waals surface area contributed by atoms with E-state index in [1.165, 1.54) is 18.2 Å². The van der Waals surface area contributed by atoms with Crippen molar-refractivity contribution >= 4 is 23.2 Å². The Hall–Kier alpha value is -3.10. The first-order chi connectivity index (χ1) is 13.6. The van der Waals surface area contributed by atoms with Crippen molar-refractivity contribution in [3.05, 3.63) is 70.3 Å². The minimum Gasteiger partial charge on any atom is -0.274 e. The Balaban J connectivity index is 1.58. The first-order valence-electron chi connectivity index (χ1n) is 9.28. The molecule has 2 aromatic rings. The lowest BCUT2D eigenvalue weighted by molar-refractivity contribution is -0.384. The fraction of sp³-hybridized carbons (Fsp3) is 0.300. The number of benzene rings is 2. The second-order valence-electron chi connectivity index (χ2n) is 7.29. The van der Waals surface area contributed by atoms with E-state index in [2.05, 4.69) is 5.01 Å². The zero-order chi connectivity index (χ0) is 19.4. The molecule has 0 aliphatic carbocycles. The van der Waals surface area contributed by atoms with Gasteiger partial charge in [-0.15, -0.1) is 0 Å². The first-order valence-corrected chi connectivity index (χ1v) is 9.28. The average molecular weight is 378 g/mol. The minimum atomic E-state index is -0.556. The van der Waals surface area contributed by atoms with Crippen LogP contribution >= 0.6 is 0 Å². The van der Waals surface area contributed by atoms with Gasteiger partial charge >= 0.3 is 0 Å². The van der Waals surface area contributed by atoms with Gasteiger partial charge in [0.05, 0.1) is 22.6 Å². The maximum atomic E-state index is 13.4. The van der Waals surface area contributed by atoms with E-state index in [0.29, 0.717) is 0 Å². The Morgan fingerprint density at radius 3 is 2.32 bits per heavy atom. The number of nitrogens with zero attached hydrogens (tertiary/aromatic N) is 4. The minimum absolute atomic E-state index is 0.141. The normalized spacial score (nSPS) is 27.3. The van der Waals surface area contributed by atoms with E-state index in [1.54, 1.807) is 6.07 Å². The van der Waals surface area contributed by atoms with E-state index in [9.17, 15) is 19.7 Å². The van der Waals surface area contributed by atoms with Gasteiger partial charge in [0.15, 0.2) is 0 Å². The molecule has 3 aliphatic heterocycles. The van der Waals surface area contributed by atoms with Crippen LogP contribution in [0.2, 0.25) is 0 Å². The molecule has 8 nitrogen and oxygen atoms in total. The quantitative estimate of drug-likeness (QED) is 0.462. The van der Waals surface area contributed by atoms with Crippen molar-refractivity contribution in [3.8, 4) is 0 Å². The molecule has 3 aliphatic rings. The van der Waals surface area contributed by atoms with Gasteiger partial charge in [0.25, 0.3) is 11.6 Å². The molecule has 0 bridgehead atoms. The molecule has 0 radical (unpaired) electrons. The Morgan fingerprint density at radius 2 is 1.61 bits per heavy atom. The highest BCUT2D eigenvalue weighted by atomic mass is 16.6. The fourth-order valence-electron chi connectivity index (χ4n) is 4.76. The fourth-order valence-corrected chi connectivity index (χ4v) is 4.76.